The number of thioether (sulfide) groups is 1. The molecule has 2 atom stereocenters. The van der Waals surface area contributed by atoms with E-state index < -0.39 is 0 Å². The molecule has 6 heteroatoms. The van der Waals surface area contributed by atoms with Crippen molar-refractivity contribution in [3.05, 3.63) is 18.2 Å². The lowest BCUT2D eigenvalue weighted by atomic mass is 10.2. The van der Waals surface area contributed by atoms with Crippen molar-refractivity contribution in [2.45, 2.75) is 19.0 Å². The molecule has 0 radical (unpaired) electrons. The van der Waals surface area contributed by atoms with Crippen molar-refractivity contribution in [1.29, 1.82) is 0 Å². The summed E-state index contributed by atoms with van der Waals surface area (Å²) in [7, 11) is 0. The number of rotatable bonds is 3. The summed E-state index contributed by atoms with van der Waals surface area (Å²) < 4.78 is 0. The third-order valence-corrected chi connectivity index (χ3v) is 3.59. The highest BCUT2D eigenvalue weighted by Crippen LogP contribution is 2.10. The molecule has 1 saturated heterocycles. The molecule has 2 heterocycles. The normalized spacial score (nSPS) is 22.7. The molecular weight excluding hydrogens is 224 g/mol. The zero-order valence-electron chi connectivity index (χ0n) is 9.19. The predicted octanol–water partition coefficient (Wildman–Crippen LogP) is 0.292. The highest BCUT2D eigenvalue weighted by Gasteiger charge is 2.22. The predicted molar refractivity (Wildman–Crippen MR) is 64.3 cm³/mol. The van der Waals surface area contributed by atoms with Crippen molar-refractivity contribution in [3.63, 3.8) is 0 Å². The van der Waals surface area contributed by atoms with Gasteiger partial charge in [-0.2, -0.15) is 11.8 Å². The van der Waals surface area contributed by atoms with Gasteiger partial charge in [0, 0.05) is 30.4 Å². The topological polar surface area (TPSA) is 69.8 Å². The van der Waals surface area contributed by atoms with E-state index in [9.17, 15) is 4.79 Å². The van der Waals surface area contributed by atoms with E-state index in [1.165, 1.54) is 0 Å². The molecule has 2 unspecified atom stereocenters. The summed E-state index contributed by atoms with van der Waals surface area (Å²) in [5.74, 6) is 2.77. The Morgan fingerprint density at radius 1 is 1.75 bits per heavy atom. The van der Waals surface area contributed by atoms with Gasteiger partial charge in [-0.05, 0) is 6.92 Å². The van der Waals surface area contributed by atoms with Gasteiger partial charge < -0.3 is 15.6 Å². The second kappa shape index (κ2) is 5.36. The minimum absolute atomic E-state index is 0.0519. The SMILES string of the molecule is CC(NC(=O)C1CSCCN1)c1ncc[nH]1. The summed E-state index contributed by atoms with van der Waals surface area (Å²) in [6, 6.07) is -0.146. The molecule has 1 fully saturated rings. The van der Waals surface area contributed by atoms with E-state index in [4.69, 9.17) is 0 Å². The van der Waals surface area contributed by atoms with Crippen molar-refractivity contribution in [3.8, 4) is 0 Å². The molecule has 0 bridgehead atoms. The first kappa shape index (κ1) is 11.5. The second-order valence-corrected chi connectivity index (χ2v) is 4.94. The number of H-pyrrole nitrogens is 1. The van der Waals surface area contributed by atoms with Crippen LogP contribution in [-0.2, 0) is 4.79 Å². The number of imidazole rings is 1. The van der Waals surface area contributed by atoms with E-state index in [0.29, 0.717) is 0 Å². The quantitative estimate of drug-likeness (QED) is 0.710. The van der Waals surface area contributed by atoms with E-state index in [1.807, 2.05) is 18.7 Å². The molecule has 88 valence electrons. The number of amides is 1. The van der Waals surface area contributed by atoms with Crippen molar-refractivity contribution >= 4 is 17.7 Å². The fourth-order valence-electron chi connectivity index (χ4n) is 1.63. The summed E-state index contributed by atoms with van der Waals surface area (Å²) in [6.45, 7) is 2.82. The molecule has 2 rings (SSSR count). The number of aromatic nitrogens is 2. The number of carbonyl (C=O) groups excluding carboxylic acids is 1. The van der Waals surface area contributed by atoms with Crippen molar-refractivity contribution in [2.75, 3.05) is 18.1 Å². The van der Waals surface area contributed by atoms with E-state index in [2.05, 4.69) is 20.6 Å². The summed E-state index contributed by atoms with van der Waals surface area (Å²) in [4.78, 5) is 19.0. The average Bonchev–Trinajstić information content (AvgIpc) is 2.83. The van der Waals surface area contributed by atoms with Crippen LogP contribution in [-0.4, -0.2) is 40.0 Å². The van der Waals surface area contributed by atoms with Crippen LogP contribution in [0.3, 0.4) is 0 Å². The monoisotopic (exact) mass is 240 g/mol. The first-order chi connectivity index (χ1) is 7.77. The van der Waals surface area contributed by atoms with Gasteiger partial charge in [-0.25, -0.2) is 4.98 Å². The molecule has 0 aliphatic carbocycles. The number of aromatic amines is 1. The van der Waals surface area contributed by atoms with Gasteiger partial charge in [-0.15, -0.1) is 0 Å². The van der Waals surface area contributed by atoms with Crippen LogP contribution < -0.4 is 10.6 Å². The molecule has 1 amide bonds. The fraction of sp³-hybridized carbons (Fsp3) is 0.600. The molecular formula is C10H16N4OS. The lowest BCUT2D eigenvalue weighted by Gasteiger charge is -2.23. The van der Waals surface area contributed by atoms with Gasteiger partial charge in [0.15, 0.2) is 0 Å². The zero-order valence-corrected chi connectivity index (χ0v) is 10.0. The Bertz CT molecular complexity index is 335. The Kier molecular flexibility index (Phi) is 3.84. The van der Waals surface area contributed by atoms with Crippen molar-refractivity contribution < 1.29 is 4.79 Å². The largest absolute Gasteiger partial charge is 0.347 e. The van der Waals surface area contributed by atoms with Crippen LogP contribution in [0.25, 0.3) is 0 Å². The maximum Gasteiger partial charge on any atom is 0.238 e. The molecule has 3 N–H and O–H groups in total. The Hall–Kier alpha value is -1.01. The van der Waals surface area contributed by atoms with Gasteiger partial charge in [0.25, 0.3) is 0 Å². The van der Waals surface area contributed by atoms with Gasteiger partial charge in [0.2, 0.25) is 5.91 Å². The van der Waals surface area contributed by atoms with E-state index in [1.54, 1.807) is 12.4 Å². The average molecular weight is 240 g/mol. The van der Waals surface area contributed by atoms with Crippen LogP contribution in [0.2, 0.25) is 0 Å². The van der Waals surface area contributed by atoms with Crippen LogP contribution in [0, 0.1) is 0 Å². The maximum atomic E-state index is 11.9. The zero-order chi connectivity index (χ0) is 11.4. The summed E-state index contributed by atoms with van der Waals surface area (Å²) in [6.07, 6.45) is 3.44. The molecule has 1 aromatic heterocycles. The molecule has 1 aliphatic heterocycles. The number of nitrogens with zero attached hydrogens (tertiary/aromatic N) is 1. The highest BCUT2D eigenvalue weighted by atomic mass is 32.2. The Morgan fingerprint density at radius 3 is 3.25 bits per heavy atom. The van der Waals surface area contributed by atoms with Crippen LogP contribution in [0.15, 0.2) is 12.4 Å². The van der Waals surface area contributed by atoms with Crippen molar-refractivity contribution in [1.82, 2.24) is 20.6 Å². The molecule has 0 saturated carbocycles. The fourth-order valence-corrected chi connectivity index (χ4v) is 2.56. The lowest BCUT2D eigenvalue weighted by molar-refractivity contribution is -0.123. The highest BCUT2D eigenvalue weighted by molar-refractivity contribution is 7.99. The van der Waals surface area contributed by atoms with Gasteiger partial charge in [-0.3, -0.25) is 4.79 Å². The summed E-state index contributed by atoms with van der Waals surface area (Å²) in [5.41, 5.74) is 0. The number of carbonyl (C=O) groups is 1. The first-order valence-corrected chi connectivity index (χ1v) is 6.53. The molecule has 0 spiro atoms. The molecule has 16 heavy (non-hydrogen) atoms. The Morgan fingerprint density at radius 2 is 2.62 bits per heavy atom. The van der Waals surface area contributed by atoms with Gasteiger partial charge in [-0.1, -0.05) is 0 Å². The third-order valence-electron chi connectivity index (χ3n) is 2.53. The van der Waals surface area contributed by atoms with E-state index in [0.717, 1.165) is 23.9 Å². The Balaban J connectivity index is 1.86. The van der Waals surface area contributed by atoms with Gasteiger partial charge in [0.1, 0.15) is 5.82 Å². The minimum atomic E-state index is -0.0730. The number of hydrogen-bond donors (Lipinski definition) is 3. The van der Waals surface area contributed by atoms with Crippen LogP contribution in [0.5, 0.6) is 0 Å². The second-order valence-electron chi connectivity index (χ2n) is 3.79. The smallest absolute Gasteiger partial charge is 0.238 e. The van der Waals surface area contributed by atoms with E-state index in [-0.39, 0.29) is 18.0 Å². The van der Waals surface area contributed by atoms with Crippen LogP contribution in [0.1, 0.15) is 18.8 Å². The van der Waals surface area contributed by atoms with Crippen LogP contribution >= 0.6 is 11.8 Å². The molecule has 0 aromatic carbocycles. The molecule has 1 aliphatic rings. The lowest BCUT2D eigenvalue weighted by Crippen LogP contribution is -2.49. The summed E-state index contributed by atoms with van der Waals surface area (Å²) >= 11 is 1.81. The maximum absolute atomic E-state index is 11.9. The standard InChI is InChI=1S/C10H16N4OS/c1-7(9-12-2-3-13-9)14-10(15)8-6-16-5-4-11-8/h2-3,7-8,11H,4-6H2,1H3,(H,12,13)(H,14,15). The Labute approximate surface area is 98.8 Å². The van der Waals surface area contributed by atoms with E-state index >= 15 is 0 Å². The molecule has 1 aromatic rings. The van der Waals surface area contributed by atoms with Gasteiger partial charge in [0.05, 0.1) is 12.1 Å². The minimum Gasteiger partial charge on any atom is -0.347 e. The van der Waals surface area contributed by atoms with Crippen LogP contribution in [0.4, 0.5) is 0 Å². The first-order valence-electron chi connectivity index (χ1n) is 5.38. The molecule has 5 nitrogen and oxygen atoms in total. The van der Waals surface area contributed by atoms with Gasteiger partial charge >= 0.3 is 0 Å². The number of hydrogen-bond acceptors (Lipinski definition) is 4. The third kappa shape index (κ3) is 2.76. The van der Waals surface area contributed by atoms with Crippen molar-refractivity contribution in [2.24, 2.45) is 0 Å². The number of nitrogens with one attached hydrogen (secondary N) is 3. The summed E-state index contributed by atoms with van der Waals surface area (Å²) in [5, 5.41) is 6.15.